The fourth-order valence-corrected chi connectivity index (χ4v) is 6.64. The molecule has 34 heavy (non-hydrogen) atoms. The highest BCUT2D eigenvalue weighted by Crippen LogP contribution is 2.24. The molecule has 4 atom stereocenters. The van der Waals surface area contributed by atoms with Crippen LogP contribution in [0.1, 0.15) is 89.3 Å². The van der Waals surface area contributed by atoms with Crippen LogP contribution in [0.15, 0.2) is 12.1 Å². The second-order valence-electron chi connectivity index (χ2n) is 11.6. The van der Waals surface area contributed by atoms with Crippen LogP contribution >= 0.6 is 0 Å². The maximum Gasteiger partial charge on any atom is 0.153 e. The van der Waals surface area contributed by atoms with Gasteiger partial charge in [0.15, 0.2) is 11.6 Å². The number of nitrogens with zero attached hydrogens (tertiary/aromatic N) is 6. The van der Waals surface area contributed by atoms with Crippen molar-refractivity contribution in [3.05, 3.63) is 35.2 Å². The molecule has 0 N–H and O–H groups in total. The molecule has 0 radical (unpaired) electrons. The van der Waals surface area contributed by atoms with Crippen LogP contribution in [-0.2, 0) is 12.8 Å². The summed E-state index contributed by atoms with van der Waals surface area (Å²) in [7, 11) is 0. The maximum absolute atomic E-state index is 4.72. The highest BCUT2D eigenvalue weighted by molar-refractivity contribution is 5.16. The summed E-state index contributed by atoms with van der Waals surface area (Å²) >= 11 is 0. The molecule has 2 aromatic heterocycles. The van der Waals surface area contributed by atoms with Crippen molar-refractivity contribution in [2.45, 2.75) is 105 Å². The molecule has 0 bridgehead atoms. The number of likely N-dealkylation sites (tertiary alicyclic amines) is 2. The van der Waals surface area contributed by atoms with E-state index >= 15 is 0 Å². The summed E-state index contributed by atoms with van der Waals surface area (Å²) < 4.78 is 4.65. The van der Waals surface area contributed by atoms with E-state index in [-0.39, 0.29) is 0 Å². The highest BCUT2D eigenvalue weighted by Gasteiger charge is 2.25. The van der Waals surface area contributed by atoms with Crippen LogP contribution in [0, 0.1) is 25.7 Å². The predicted octanol–water partition coefficient (Wildman–Crippen LogP) is 5.11. The minimum absolute atomic E-state index is 0.700. The molecular formula is C28H48N6. The average Bonchev–Trinajstić information content (AvgIpc) is 3.31. The van der Waals surface area contributed by atoms with E-state index in [1.54, 1.807) is 0 Å². The molecule has 2 fully saturated rings. The second-order valence-corrected chi connectivity index (χ2v) is 11.6. The first-order chi connectivity index (χ1) is 16.3. The molecule has 0 aromatic carbocycles. The lowest BCUT2D eigenvalue weighted by molar-refractivity contribution is 0.102. The molecule has 6 nitrogen and oxygen atoms in total. The van der Waals surface area contributed by atoms with E-state index < -0.39 is 0 Å². The third kappa shape index (κ3) is 5.93. The third-order valence-electron chi connectivity index (χ3n) is 8.22. The van der Waals surface area contributed by atoms with E-state index in [2.05, 4.69) is 72.8 Å². The number of aromatic nitrogens is 4. The van der Waals surface area contributed by atoms with Crippen LogP contribution in [0.3, 0.4) is 0 Å². The van der Waals surface area contributed by atoms with Crippen molar-refractivity contribution in [2.75, 3.05) is 26.2 Å². The molecule has 190 valence electrons. The van der Waals surface area contributed by atoms with E-state index in [0.29, 0.717) is 12.1 Å². The summed E-state index contributed by atoms with van der Waals surface area (Å²) in [6.07, 6.45) is 9.63. The van der Waals surface area contributed by atoms with Gasteiger partial charge in [-0.05, 0) is 96.9 Å². The molecule has 0 aliphatic carbocycles. The van der Waals surface area contributed by atoms with Crippen LogP contribution in [0.5, 0.6) is 0 Å². The highest BCUT2D eigenvalue weighted by atomic mass is 15.5. The molecular weight excluding hydrogens is 420 g/mol. The number of hydrogen-bond acceptors (Lipinski definition) is 4. The molecule has 0 spiro atoms. The fraction of sp³-hybridized carbons (Fsp3) is 0.786. The van der Waals surface area contributed by atoms with Crippen LogP contribution < -0.4 is 0 Å². The summed E-state index contributed by atoms with van der Waals surface area (Å²) in [6, 6.07) is 5.81. The van der Waals surface area contributed by atoms with Gasteiger partial charge in [0.05, 0.1) is 0 Å². The Morgan fingerprint density at radius 3 is 1.85 bits per heavy atom. The Labute approximate surface area is 207 Å². The topological polar surface area (TPSA) is 42.1 Å². The van der Waals surface area contributed by atoms with Gasteiger partial charge in [0.2, 0.25) is 0 Å². The predicted molar refractivity (Wildman–Crippen MR) is 140 cm³/mol. The van der Waals surface area contributed by atoms with Gasteiger partial charge in [-0.2, -0.15) is 0 Å². The number of hydrogen-bond donors (Lipinski definition) is 0. The van der Waals surface area contributed by atoms with E-state index in [0.717, 1.165) is 62.3 Å². The fourth-order valence-electron chi connectivity index (χ4n) is 6.64. The molecule has 2 aliphatic heterocycles. The smallest absolute Gasteiger partial charge is 0.153 e. The lowest BCUT2D eigenvalue weighted by atomic mass is 9.92. The first-order valence-electron chi connectivity index (χ1n) is 13.9. The van der Waals surface area contributed by atoms with Gasteiger partial charge >= 0.3 is 0 Å². The Hall–Kier alpha value is -1.66. The van der Waals surface area contributed by atoms with Gasteiger partial charge in [0.25, 0.3) is 0 Å². The number of rotatable bonds is 9. The second kappa shape index (κ2) is 11.4. The first-order valence-corrected chi connectivity index (χ1v) is 13.9. The van der Waals surface area contributed by atoms with Gasteiger partial charge in [0, 0.05) is 49.4 Å². The largest absolute Gasteiger partial charge is 0.303 e. The van der Waals surface area contributed by atoms with Gasteiger partial charge in [-0.3, -0.25) is 9.58 Å². The van der Waals surface area contributed by atoms with Crippen molar-refractivity contribution in [3.63, 3.8) is 0 Å². The van der Waals surface area contributed by atoms with Crippen LogP contribution in [-0.4, -0.2) is 67.6 Å². The first kappa shape index (κ1) is 25.4. The Bertz CT molecular complexity index is 875. The minimum atomic E-state index is 0.700. The van der Waals surface area contributed by atoms with Crippen molar-refractivity contribution < 1.29 is 0 Å². The van der Waals surface area contributed by atoms with E-state index in [1.807, 2.05) is 0 Å². The van der Waals surface area contributed by atoms with Gasteiger partial charge in [-0.15, -0.1) is 10.2 Å². The molecule has 2 aliphatic rings. The van der Waals surface area contributed by atoms with Gasteiger partial charge < -0.3 is 4.90 Å². The molecule has 2 aromatic rings. The van der Waals surface area contributed by atoms with E-state index in [1.165, 1.54) is 50.2 Å². The van der Waals surface area contributed by atoms with Crippen molar-refractivity contribution in [2.24, 2.45) is 11.8 Å². The van der Waals surface area contributed by atoms with Gasteiger partial charge in [-0.1, -0.05) is 20.3 Å². The van der Waals surface area contributed by atoms with Crippen molar-refractivity contribution in [3.8, 4) is 0 Å². The molecule has 0 saturated carbocycles. The monoisotopic (exact) mass is 468 g/mol. The van der Waals surface area contributed by atoms with Crippen LogP contribution in [0.2, 0.25) is 0 Å². The zero-order valence-corrected chi connectivity index (χ0v) is 22.6. The number of aryl methyl sites for hydroxylation is 4. The lowest BCUT2D eigenvalue weighted by Crippen LogP contribution is -2.44. The van der Waals surface area contributed by atoms with Crippen molar-refractivity contribution in [1.29, 1.82) is 0 Å². The summed E-state index contributed by atoms with van der Waals surface area (Å²) in [5.41, 5.74) is 2.49. The van der Waals surface area contributed by atoms with Gasteiger partial charge in [-0.25, -0.2) is 4.68 Å². The Kier molecular flexibility index (Phi) is 8.52. The minimum Gasteiger partial charge on any atom is -0.303 e. The summed E-state index contributed by atoms with van der Waals surface area (Å²) in [6.45, 7) is 18.8. The normalized spacial score (nSPS) is 26.9. The molecule has 0 amide bonds. The van der Waals surface area contributed by atoms with Gasteiger partial charge in [0.1, 0.15) is 0 Å². The molecule has 2 saturated heterocycles. The quantitative estimate of drug-likeness (QED) is 0.513. The molecule has 0 unspecified atom stereocenters. The molecule has 4 heterocycles. The third-order valence-corrected chi connectivity index (χ3v) is 8.22. The zero-order chi connectivity index (χ0) is 24.2. The van der Waals surface area contributed by atoms with Crippen molar-refractivity contribution >= 4 is 0 Å². The SMILES string of the molecule is Cc1ccc(C)n1-n1c(CCCN2C[C@H](C)C[C@@H](C)C2)nnc1CCCN1[C@@H](C)CCC[C@@H]1C. The lowest BCUT2D eigenvalue weighted by Gasteiger charge is -2.39. The maximum atomic E-state index is 4.72. The summed E-state index contributed by atoms with van der Waals surface area (Å²) in [5.74, 6) is 3.84. The molecule has 6 heteroatoms. The molecule has 4 rings (SSSR count). The summed E-state index contributed by atoms with van der Waals surface area (Å²) in [5, 5.41) is 9.45. The van der Waals surface area contributed by atoms with Crippen LogP contribution in [0.25, 0.3) is 0 Å². The van der Waals surface area contributed by atoms with E-state index in [4.69, 9.17) is 10.2 Å². The Morgan fingerprint density at radius 1 is 0.765 bits per heavy atom. The zero-order valence-electron chi connectivity index (χ0n) is 22.6. The summed E-state index contributed by atoms with van der Waals surface area (Å²) in [4.78, 5) is 5.37. The van der Waals surface area contributed by atoms with E-state index in [9.17, 15) is 0 Å². The van der Waals surface area contributed by atoms with Crippen LogP contribution in [0.4, 0.5) is 0 Å². The Morgan fingerprint density at radius 2 is 1.29 bits per heavy atom. The standard InChI is InChI=1S/C28H48N6/c1-21-18-22(2)20-31(19-21)16-8-12-27-29-30-28(34(27)33-25(5)14-15-26(33)6)13-9-17-32-23(3)10-7-11-24(32)4/h14-15,21-24H,7-13,16-20H2,1-6H3/t21-,22-,23+,24+/m1/s1. The van der Waals surface area contributed by atoms with Crippen molar-refractivity contribution in [1.82, 2.24) is 29.3 Å². The Balaban J connectivity index is 1.43. The average molecular weight is 469 g/mol. The number of piperidine rings is 2.